The summed E-state index contributed by atoms with van der Waals surface area (Å²) in [6.07, 6.45) is 2.05. The molecule has 1 aromatic rings. The number of hydrogen-bond acceptors (Lipinski definition) is 3. The van der Waals surface area contributed by atoms with Gasteiger partial charge in [0.15, 0.2) is 5.84 Å². The first-order valence-electron chi connectivity index (χ1n) is 6.00. The Labute approximate surface area is 102 Å². The molecule has 1 aromatic carbocycles. The van der Waals surface area contributed by atoms with E-state index in [0.717, 1.165) is 25.9 Å². The van der Waals surface area contributed by atoms with Gasteiger partial charge in [-0.2, -0.15) is 0 Å². The van der Waals surface area contributed by atoms with Crippen LogP contribution in [-0.2, 0) is 12.8 Å². The predicted molar refractivity (Wildman–Crippen MR) is 68.3 cm³/mol. The van der Waals surface area contributed by atoms with Crippen LogP contribution >= 0.6 is 0 Å². The topological polar surface area (TPSA) is 61.9 Å². The van der Waals surface area contributed by atoms with Crippen LogP contribution in [-0.4, -0.2) is 35.1 Å². The van der Waals surface area contributed by atoms with Gasteiger partial charge in [-0.05, 0) is 30.9 Å². The van der Waals surface area contributed by atoms with Crippen molar-refractivity contribution in [3.05, 3.63) is 35.4 Å². The van der Waals surface area contributed by atoms with Crippen molar-refractivity contribution >= 4 is 5.84 Å². The van der Waals surface area contributed by atoms with Crippen LogP contribution in [0.25, 0.3) is 0 Å². The molecule has 4 heteroatoms. The third-order valence-corrected chi connectivity index (χ3v) is 3.55. The van der Waals surface area contributed by atoms with E-state index in [1.165, 1.54) is 11.1 Å². The zero-order valence-corrected chi connectivity index (χ0v) is 10.1. The lowest BCUT2D eigenvalue weighted by Crippen LogP contribution is -2.44. The second-order valence-electron chi connectivity index (χ2n) is 4.51. The molecule has 1 aliphatic heterocycles. The average molecular weight is 233 g/mol. The van der Waals surface area contributed by atoms with Gasteiger partial charge in [0, 0.05) is 13.1 Å². The largest absolute Gasteiger partial charge is 0.409 e. The van der Waals surface area contributed by atoms with Crippen molar-refractivity contribution in [1.29, 1.82) is 0 Å². The molecular formula is C13H19N3O. The number of hydrogen-bond donors (Lipinski definition) is 2. The Bertz CT molecular complexity index is 390. The molecule has 1 heterocycles. The molecular weight excluding hydrogens is 214 g/mol. The van der Waals surface area contributed by atoms with Crippen LogP contribution in [0.2, 0.25) is 0 Å². The molecule has 1 aliphatic rings. The second kappa shape index (κ2) is 5.19. The van der Waals surface area contributed by atoms with E-state index in [-0.39, 0.29) is 11.9 Å². The summed E-state index contributed by atoms with van der Waals surface area (Å²) >= 11 is 0. The normalized spacial score (nSPS) is 19.5. The molecule has 17 heavy (non-hydrogen) atoms. The van der Waals surface area contributed by atoms with Crippen molar-refractivity contribution in [1.82, 2.24) is 4.90 Å². The maximum atomic E-state index is 8.72. The highest BCUT2D eigenvalue weighted by Gasteiger charge is 2.20. The number of benzene rings is 1. The maximum absolute atomic E-state index is 8.72. The first-order valence-corrected chi connectivity index (χ1v) is 6.00. The number of nitrogens with zero attached hydrogens (tertiary/aromatic N) is 2. The lowest BCUT2D eigenvalue weighted by molar-refractivity contribution is 0.253. The molecule has 0 bridgehead atoms. The van der Waals surface area contributed by atoms with Crippen molar-refractivity contribution in [3.63, 3.8) is 0 Å². The highest BCUT2D eigenvalue weighted by Crippen LogP contribution is 2.16. The Hall–Kier alpha value is -1.55. The number of fused-ring (bicyclic) bond motifs is 1. The summed E-state index contributed by atoms with van der Waals surface area (Å²) in [5.74, 6) is 0.288. The molecule has 4 nitrogen and oxygen atoms in total. The lowest BCUT2D eigenvalue weighted by Gasteiger charge is -2.26. The van der Waals surface area contributed by atoms with Crippen LogP contribution in [0.1, 0.15) is 18.1 Å². The maximum Gasteiger partial charge on any atom is 0.156 e. The van der Waals surface area contributed by atoms with Crippen LogP contribution < -0.4 is 5.73 Å². The van der Waals surface area contributed by atoms with Gasteiger partial charge in [0.05, 0.1) is 6.04 Å². The quantitative estimate of drug-likeness (QED) is 0.349. The van der Waals surface area contributed by atoms with Gasteiger partial charge in [0.1, 0.15) is 0 Å². The van der Waals surface area contributed by atoms with E-state index in [4.69, 9.17) is 10.9 Å². The molecule has 0 amide bonds. The third-order valence-electron chi connectivity index (χ3n) is 3.55. The van der Waals surface area contributed by atoms with Gasteiger partial charge in [-0.3, -0.25) is 4.90 Å². The molecule has 92 valence electrons. The predicted octanol–water partition coefficient (Wildman–Crippen LogP) is 1.22. The van der Waals surface area contributed by atoms with Crippen LogP contribution in [0.3, 0.4) is 0 Å². The molecule has 0 fully saturated rings. The molecule has 0 radical (unpaired) electrons. The number of rotatable bonds is 2. The SMILES string of the molecule is CC(C(N)=NO)N1CCc2ccccc2CC1. The number of amidine groups is 1. The van der Waals surface area contributed by atoms with Gasteiger partial charge in [-0.1, -0.05) is 29.4 Å². The van der Waals surface area contributed by atoms with Crippen molar-refractivity contribution in [3.8, 4) is 0 Å². The van der Waals surface area contributed by atoms with E-state index < -0.39 is 0 Å². The molecule has 0 aromatic heterocycles. The first kappa shape index (κ1) is 11.9. The Morgan fingerprint density at radius 1 is 1.29 bits per heavy atom. The van der Waals surface area contributed by atoms with E-state index in [2.05, 4.69) is 34.3 Å². The van der Waals surface area contributed by atoms with E-state index in [0.29, 0.717) is 0 Å². The van der Waals surface area contributed by atoms with Gasteiger partial charge in [0.2, 0.25) is 0 Å². The minimum Gasteiger partial charge on any atom is -0.409 e. The van der Waals surface area contributed by atoms with E-state index >= 15 is 0 Å². The third kappa shape index (κ3) is 2.58. The van der Waals surface area contributed by atoms with Gasteiger partial charge in [-0.15, -0.1) is 0 Å². The zero-order valence-electron chi connectivity index (χ0n) is 10.1. The second-order valence-corrected chi connectivity index (χ2v) is 4.51. The van der Waals surface area contributed by atoms with Crippen LogP contribution in [0.4, 0.5) is 0 Å². The highest BCUT2D eigenvalue weighted by atomic mass is 16.4. The smallest absolute Gasteiger partial charge is 0.156 e. The van der Waals surface area contributed by atoms with Crippen LogP contribution in [0, 0.1) is 0 Å². The fraction of sp³-hybridized carbons (Fsp3) is 0.462. The van der Waals surface area contributed by atoms with Crippen LogP contribution in [0.15, 0.2) is 29.4 Å². The first-order chi connectivity index (χ1) is 8.22. The average Bonchev–Trinajstić information content (AvgIpc) is 2.59. The molecule has 0 saturated heterocycles. The summed E-state index contributed by atoms with van der Waals surface area (Å²) in [5.41, 5.74) is 8.50. The Kier molecular flexibility index (Phi) is 3.64. The molecule has 0 saturated carbocycles. The Morgan fingerprint density at radius 3 is 2.29 bits per heavy atom. The van der Waals surface area contributed by atoms with Gasteiger partial charge in [-0.25, -0.2) is 0 Å². The summed E-state index contributed by atoms with van der Waals surface area (Å²) in [5, 5.41) is 11.8. The molecule has 0 spiro atoms. The minimum absolute atomic E-state index is 0.00527. The monoisotopic (exact) mass is 233 g/mol. The Morgan fingerprint density at radius 2 is 1.82 bits per heavy atom. The van der Waals surface area contributed by atoms with Crippen molar-refractivity contribution < 1.29 is 5.21 Å². The van der Waals surface area contributed by atoms with Crippen molar-refractivity contribution in [2.24, 2.45) is 10.9 Å². The standard InChI is InChI=1S/C13H19N3O/c1-10(13(14)15-17)16-8-6-11-4-2-3-5-12(11)7-9-16/h2-5,10,17H,6-9H2,1H3,(H2,14,15). The fourth-order valence-electron chi connectivity index (χ4n) is 2.34. The Balaban J connectivity index is 2.09. The van der Waals surface area contributed by atoms with E-state index in [9.17, 15) is 0 Å². The van der Waals surface area contributed by atoms with Crippen LogP contribution in [0.5, 0.6) is 0 Å². The summed E-state index contributed by atoms with van der Waals surface area (Å²) in [6, 6.07) is 8.54. The van der Waals surface area contributed by atoms with Gasteiger partial charge < -0.3 is 10.9 Å². The van der Waals surface area contributed by atoms with E-state index in [1.54, 1.807) is 0 Å². The van der Waals surface area contributed by atoms with Gasteiger partial charge in [0.25, 0.3) is 0 Å². The number of oxime groups is 1. The molecule has 2 rings (SSSR count). The fourth-order valence-corrected chi connectivity index (χ4v) is 2.34. The molecule has 3 N–H and O–H groups in total. The summed E-state index contributed by atoms with van der Waals surface area (Å²) in [6.45, 7) is 3.88. The summed E-state index contributed by atoms with van der Waals surface area (Å²) in [7, 11) is 0. The highest BCUT2D eigenvalue weighted by molar-refractivity contribution is 5.84. The number of nitrogens with two attached hydrogens (primary N) is 1. The minimum atomic E-state index is -0.00527. The zero-order chi connectivity index (χ0) is 12.3. The molecule has 1 atom stereocenters. The van der Waals surface area contributed by atoms with Crippen molar-refractivity contribution in [2.75, 3.05) is 13.1 Å². The summed E-state index contributed by atoms with van der Waals surface area (Å²) in [4.78, 5) is 2.26. The summed E-state index contributed by atoms with van der Waals surface area (Å²) < 4.78 is 0. The molecule has 0 aliphatic carbocycles. The van der Waals surface area contributed by atoms with Crippen molar-refractivity contribution in [2.45, 2.75) is 25.8 Å². The van der Waals surface area contributed by atoms with E-state index in [1.807, 2.05) is 6.92 Å². The molecule has 1 unspecified atom stereocenters. The van der Waals surface area contributed by atoms with Gasteiger partial charge >= 0.3 is 0 Å². The lowest BCUT2D eigenvalue weighted by atomic mass is 10.0.